The Balaban J connectivity index is 1.01. The number of nitrogens with one attached hydrogen (secondary N) is 2. The SMILES string of the molecule is O=S(=O)(Nc1ccc(CCNCC(O)c2cccnc2)cc1)c1ccc2c(c1)CCN2c1nc(CCC2CCCC2)co1. The van der Waals surface area contributed by atoms with Gasteiger partial charge in [0, 0.05) is 42.4 Å². The highest BCUT2D eigenvalue weighted by atomic mass is 32.2. The Morgan fingerprint density at radius 3 is 2.70 bits per heavy atom. The van der Waals surface area contributed by atoms with Crippen LogP contribution in [0.15, 0.2) is 82.6 Å². The molecule has 1 aliphatic heterocycles. The van der Waals surface area contributed by atoms with E-state index in [2.05, 4.69) is 15.0 Å². The Hall–Kier alpha value is -3.73. The maximum Gasteiger partial charge on any atom is 0.302 e. The fraction of sp³-hybridized carbons (Fsp3) is 0.394. The summed E-state index contributed by atoms with van der Waals surface area (Å²) in [7, 11) is -3.75. The molecule has 0 bridgehead atoms. The Morgan fingerprint density at radius 1 is 1.07 bits per heavy atom. The van der Waals surface area contributed by atoms with Gasteiger partial charge in [0.2, 0.25) is 0 Å². The first-order chi connectivity index (χ1) is 20.9. The van der Waals surface area contributed by atoms with Crippen LogP contribution in [0.1, 0.15) is 60.6 Å². The number of benzene rings is 2. The molecule has 1 atom stereocenters. The summed E-state index contributed by atoms with van der Waals surface area (Å²) >= 11 is 0. The van der Waals surface area contributed by atoms with Gasteiger partial charge in [-0.2, -0.15) is 4.98 Å². The summed E-state index contributed by atoms with van der Waals surface area (Å²) in [5, 5.41) is 13.5. The van der Waals surface area contributed by atoms with Gasteiger partial charge in [-0.3, -0.25) is 14.6 Å². The zero-order valence-electron chi connectivity index (χ0n) is 24.3. The van der Waals surface area contributed by atoms with Gasteiger partial charge >= 0.3 is 6.01 Å². The number of hydrogen-bond acceptors (Lipinski definition) is 8. The number of oxazole rings is 1. The van der Waals surface area contributed by atoms with Gasteiger partial charge in [-0.1, -0.05) is 43.9 Å². The van der Waals surface area contributed by atoms with Crippen molar-refractivity contribution in [3.8, 4) is 0 Å². The molecular formula is C33H39N5O4S. The van der Waals surface area contributed by atoms with E-state index < -0.39 is 16.1 Å². The van der Waals surface area contributed by atoms with Gasteiger partial charge in [0.25, 0.3) is 10.0 Å². The number of aryl methyl sites for hydroxylation is 1. The number of pyridine rings is 1. The molecule has 0 amide bonds. The zero-order chi connectivity index (χ0) is 29.6. The monoisotopic (exact) mass is 601 g/mol. The summed E-state index contributed by atoms with van der Waals surface area (Å²) in [5.41, 5.74) is 5.24. The first-order valence-corrected chi connectivity index (χ1v) is 16.7. The van der Waals surface area contributed by atoms with Crippen LogP contribution >= 0.6 is 0 Å². The van der Waals surface area contributed by atoms with E-state index in [0.29, 0.717) is 31.3 Å². The second-order valence-electron chi connectivity index (χ2n) is 11.6. The number of anilines is 3. The molecule has 2 aliphatic rings. The van der Waals surface area contributed by atoms with Crippen molar-refractivity contribution in [3.63, 3.8) is 0 Å². The molecule has 6 rings (SSSR count). The average molecular weight is 602 g/mol. The quantitative estimate of drug-likeness (QED) is 0.171. The highest BCUT2D eigenvalue weighted by Gasteiger charge is 2.27. The number of rotatable bonds is 13. The maximum atomic E-state index is 13.2. The lowest BCUT2D eigenvalue weighted by Gasteiger charge is -2.15. The maximum absolute atomic E-state index is 13.2. The first kappa shape index (κ1) is 29.3. The smallest absolute Gasteiger partial charge is 0.302 e. The number of nitrogens with zero attached hydrogens (tertiary/aromatic N) is 3. The van der Waals surface area contributed by atoms with Gasteiger partial charge < -0.3 is 14.8 Å². The molecule has 1 aliphatic carbocycles. The van der Waals surface area contributed by atoms with Crippen LogP contribution in [0.2, 0.25) is 0 Å². The van der Waals surface area contributed by atoms with Crippen molar-refractivity contribution < 1.29 is 17.9 Å². The van der Waals surface area contributed by atoms with Crippen LogP contribution in [0.4, 0.5) is 17.4 Å². The van der Waals surface area contributed by atoms with Crippen LogP contribution in [0.25, 0.3) is 0 Å². The summed E-state index contributed by atoms with van der Waals surface area (Å²) in [6.07, 6.45) is 13.4. The Morgan fingerprint density at radius 2 is 1.91 bits per heavy atom. The summed E-state index contributed by atoms with van der Waals surface area (Å²) in [6, 6.07) is 16.9. The molecular weight excluding hydrogens is 562 g/mol. The van der Waals surface area contributed by atoms with E-state index in [-0.39, 0.29) is 4.90 Å². The molecule has 0 saturated heterocycles. The van der Waals surface area contributed by atoms with E-state index in [4.69, 9.17) is 9.40 Å². The molecule has 226 valence electrons. The average Bonchev–Trinajstić information content (AvgIpc) is 3.80. The summed E-state index contributed by atoms with van der Waals surface area (Å²) in [6.45, 7) is 1.82. The Kier molecular flexibility index (Phi) is 9.06. The van der Waals surface area contributed by atoms with E-state index in [9.17, 15) is 13.5 Å². The van der Waals surface area contributed by atoms with E-state index in [0.717, 1.165) is 59.7 Å². The second kappa shape index (κ2) is 13.3. The van der Waals surface area contributed by atoms with Gasteiger partial charge in [0.05, 0.1) is 16.7 Å². The van der Waals surface area contributed by atoms with Gasteiger partial charge in [0.15, 0.2) is 0 Å². The molecule has 43 heavy (non-hydrogen) atoms. The van der Waals surface area contributed by atoms with Crippen molar-refractivity contribution in [3.05, 3.63) is 95.6 Å². The predicted octanol–water partition coefficient (Wildman–Crippen LogP) is 5.55. The molecule has 3 heterocycles. The van der Waals surface area contributed by atoms with Crippen molar-refractivity contribution in [2.75, 3.05) is 29.3 Å². The Labute approximate surface area is 253 Å². The van der Waals surface area contributed by atoms with Crippen LogP contribution in [-0.2, 0) is 29.3 Å². The number of aliphatic hydroxyl groups excluding tert-OH is 1. The third kappa shape index (κ3) is 7.26. The summed E-state index contributed by atoms with van der Waals surface area (Å²) < 4.78 is 35.0. The number of hydrogen-bond donors (Lipinski definition) is 3. The van der Waals surface area contributed by atoms with Gasteiger partial charge in [-0.25, -0.2) is 8.42 Å². The van der Waals surface area contributed by atoms with Crippen LogP contribution in [0.3, 0.4) is 0 Å². The van der Waals surface area contributed by atoms with E-state index >= 15 is 0 Å². The molecule has 1 saturated carbocycles. The lowest BCUT2D eigenvalue weighted by atomic mass is 10.0. The third-order valence-electron chi connectivity index (χ3n) is 8.51. The number of sulfonamides is 1. The number of aromatic nitrogens is 2. The van der Waals surface area contributed by atoms with Crippen LogP contribution in [-0.4, -0.2) is 43.1 Å². The van der Waals surface area contributed by atoms with E-state index in [1.807, 2.05) is 29.2 Å². The van der Waals surface area contributed by atoms with Crippen LogP contribution < -0.4 is 14.9 Å². The molecule has 2 aromatic heterocycles. The lowest BCUT2D eigenvalue weighted by molar-refractivity contribution is 0.174. The van der Waals surface area contributed by atoms with Crippen molar-refractivity contribution in [1.29, 1.82) is 0 Å². The molecule has 9 nitrogen and oxygen atoms in total. The summed E-state index contributed by atoms with van der Waals surface area (Å²) in [5.74, 6) is 0.811. The van der Waals surface area contributed by atoms with Crippen molar-refractivity contribution in [2.45, 2.75) is 62.4 Å². The fourth-order valence-electron chi connectivity index (χ4n) is 6.05. The fourth-order valence-corrected chi connectivity index (χ4v) is 7.15. The van der Waals surface area contributed by atoms with Crippen LogP contribution in [0.5, 0.6) is 0 Å². The first-order valence-electron chi connectivity index (χ1n) is 15.2. The minimum absolute atomic E-state index is 0.234. The Bertz CT molecular complexity index is 1600. The molecule has 1 fully saturated rings. The van der Waals surface area contributed by atoms with Crippen molar-refractivity contribution in [1.82, 2.24) is 15.3 Å². The molecule has 10 heteroatoms. The van der Waals surface area contributed by atoms with Crippen LogP contribution in [0, 0.1) is 5.92 Å². The van der Waals surface area contributed by atoms with Gasteiger partial charge in [-0.05, 0) is 85.7 Å². The van der Waals surface area contributed by atoms with Crippen molar-refractivity contribution in [2.24, 2.45) is 5.92 Å². The normalized spacial score (nSPS) is 16.0. The molecule has 0 spiro atoms. The largest absolute Gasteiger partial charge is 0.432 e. The molecule has 3 N–H and O–H groups in total. The second-order valence-corrected chi connectivity index (χ2v) is 13.2. The molecule has 0 radical (unpaired) electrons. The standard InChI is InChI=1S/C33H39N5O4S/c39-32(27-6-3-17-34-21-27)22-35-18-15-25-7-10-28(11-8-25)37-43(40,41)30-13-14-31-26(20-30)16-19-38(31)33-36-29(23-42-33)12-9-24-4-1-2-5-24/h3,6-8,10-11,13-14,17,20-21,23-24,32,35,37,39H,1-2,4-5,9,12,15-16,18-19,22H2. The molecule has 2 aromatic carbocycles. The highest BCUT2D eigenvalue weighted by molar-refractivity contribution is 7.92. The van der Waals surface area contributed by atoms with Crippen molar-refractivity contribution >= 4 is 27.4 Å². The predicted molar refractivity (Wildman–Crippen MR) is 167 cm³/mol. The van der Waals surface area contributed by atoms with Gasteiger partial charge in [-0.15, -0.1) is 0 Å². The number of aliphatic hydroxyl groups is 1. The topological polar surface area (TPSA) is 121 Å². The highest BCUT2D eigenvalue weighted by Crippen LogP contribution is 2.36. The third-order valence-corrected chi connectivity index (χ3v) is 9.89. The minimum Gasteiger partial charge on any atom is -0.432 e. The molecule has 4 aromatic rings. The number of fused-ring (bicyclic) bond motifs is 1. The minimum atomic E-state index is -3.75. The van der Waals surface area contributed by atoms with E-state index in [1.165, 1.54) is 25.7 Å². The van der Waals surface area contributed by atoms with Gasteiger partial charge in [0.1, 0.15) is 6.26 Å². The molecule has 1 unspecified atom stereocenters. The lowest BCUT2D eigenvalue weighted by Crippen LogP contribution is -2.23. The zero-order valence-corrected chi connectivity index (χ0v) is 25.1. The summed E-state index contributed by atoms with van der Waals surface area (Å²) in [4.78, 5) is 11.0. The van der Waals surface area contributed by atoms with E-state index in [1.54, 1.807) is 49.0 Å².